The van der Waals surface area contributed by atoms with Gasteiger partial charge in [-0.25, -0.2) is 0 Å². The Morgan fingerprint density at radius 3 is 2.00 bits per heavy atom. The van der Waals surface area contributed by atoms with Gasteiger partial charge in [-0.05, 0) is 13.3 Å². The molecule has 0 aromatic carbocycles. The molecule has 0 aliphatic rings. The Bertz CT molecular complexity index is 341. The normalized spacial score (nSPS) is 11.6. The molecule has 0 rings (SSSR count). The first-order valence-corrected chi connectivity index (χ1v) is 9.39. The van der Waals surface area contributed by atoms with E-state index in [-0.39, 0.29) is 42.0 Å². The van der Waals surface area contributed by atoms with Crippen molar-refractivity contribution >= 4 is 41.4 Å². The van der Waals surface area contributed by atoms with Crippen LogP contribution in [0.2, 0.25) is 0 Å². The summed E-state index contributed by atoms with van der Waals surface area (Å²) in [6.45, 7) is 4.32. The van der Waals surface area contributed by atoms with Crippen molar-refractivity contribution in [3.05, 3.63) is 0 Å². The zero-order chi connectivity index (χ0) is 18.2. The summed E-state index contributed by atoms with van der Waals surface area (Å²) in [5.41, 5.74) is 0. The van der Waals surface area contributed by atoms with Crippen LogP contribution in [-0.2, 0) is 9.59 Å². The number of aliphatic carboxylic acids is 1. The monoisotopic (exact) mass is 368 g/mol. The van der Waals surface area contributed by atoms with Crippen LogP contribution < -0.4 is 5.32 Å². The first kappa shape index (κ1) is 27.1. The first-order valence-electron chi connectivity index (χ1n) is 9.39. The number of hydrogen-bond acceptors (Lipinski definition) is 4. The summed E-state index contributed by atoms with van der Waals surface area (Å²) in [7, 11) is 0. The summed E-state index contributed by atoms with van der Waals surface area (Å²) in [6.07, 6.45) is 10.4. The van der Waals surface area contributed by atoms with Gasteiger partial charge in [-0.1, -0.05) is 58.3 Å². The fourth-order valence-corrected chi connectivity index (χ4v) is 2.65. The molecule has 0 aromatic rings. The molecule has 1 atom stereocenters. The molecule has 3 N–H and O–H groups in total. The van der Waals surface area contributed by atoms with Crippen LogP contribution in [0.1, 0.15) is 78.1 Å². The van der Waals surface area contributed by atoms with Crippen LogP contribution in [-0.4, -0.2) is 82.4 Å². The van der Waals surface area contributed by atoms with Crippen LogP contribution in [0.25, 0.3) is 0 Å². The number of carbonyl (C=O) groups excluding carboxylic acids is 1. The van der Waals surface area contributed by atoms with Gasteiger partial charge >= 0.3 is 35.5 Å². The van der Waals surface area contributed by atoms with Crippen LogP contribution in [0.15, 0.2) is 0 Å². The quantitative estimate of drug-likeness (QED) is 0.221. The van der Waals surface area contributed by atoms with Crippen LogP contribution in [0.3, 0.4) is 0 Å². The number of unbranched alkanes of at least 4 members (excludes halogenated alkanes) is 8. The number of aliphatic hydroxyl groups is 1. The average Bonchev–Trinajstić information content (AvgIpc) is 2.52. The zero-order valence-electron chi connectivity index (χ0n) is 15.4. The van der Waals surface area contributed by atoms with E-state index in [1.54, 1.807) is 6.92 Å². The number of carboxylic acids is 1. The van der Waals surface area contributed by atoms with E-state index in [0.717, 1.165) is 19.3 Å². The van der Waals surface area contributed by atoms with Crippen molar-refractivity contribution in [2.75, 3.05) is 19.6 Å². The predicted molar refractivity (Wildman–Crippen MR) is 103 cm³/mol. The number of amides is 1. The van der Waals surface area contributed by atoms with E-state index >= 15 is 0 Å². The van der Waals surface area contributed by atoms with Gasteiger partial charge in [-0.2, -0.15) is 0 Å². The molecule has 7 heteroatoms. The number of carbonyl (C=O) groups is 2. The number of rotatable bonds is 16. The molecule has 6 nitrogen and oxygen atoms in total. The maximum absolute atomic E-state index is 12.1. The number of nitrogens with zero attached hydrogens (tertiary/aromatic N) is 1. The van der Waals surface area contributed by atoms with E-state index in [4.69, 9.17) is 5.11 Å². The standard InChI is InChI=1S/C18H36N2O4.Na.H/c1-3-4-5-6-7-8-9-10-11-12-17(22)20(16(2)21)14-13-19-15-18(23)24;;/h16,19,21H,3-15H2,1-2H3,(H,23,24);;. The molecule has 0 heterocycles. The minimum absolute atomic E-state index is 0. The zero-order valence-corrected chi connectivity index (χ0v) is 15.4. The van der Waals surface area contributed by atoms with Gasteiger partial charge in [0.25, 0.3) is 0 Å². The molecule has 0 saturated carbocycles. The molecular weight excluding hydrogens is 331 g/mol. The molecule has 1 amide bonds. The van der Waals surface area contributed by atoms with E-state index in [1.807, 2.05) is 0 Å². The van der Waals surface area contributed by atoms with Crippen molar-refractivity contribution in [3.8, 4) is 0 Å². The Morgan fingerprint density at radius 1 is 1.00 bits per heavy atom. The summed E-state index contributed by atoms with van der Waals surface area (Å²) in [5, 5.41) is 21.0. The van der Waals surface area contributed by atoms with E-state index in [1.165, 1.54) is 43.4 Å². The Labute approximate surface area is 175 Å². The molecule has 0 saturated heterocycles. The Hall–Kier alpha value is -0.140. The fraction of sp³-hybridized carbons (Fsp3) is 0.889. The summed E-state index contributed by atoms with van der Waals surface area (Å²) in [4.78, 5) is 24.0. The predicted octanol–water partition coefficient (Wildman–Crippen LogP) is 2.10. The molecule has 144 valence electrons. The fourth-order valence-electron chi connectivity index (χ4n) is 2.65. The molecule has 0 aliphatic carbocycles. The third kappa shape index (κ3) is 17.0. The van der Waals surface area contributed by atoms with Crippen molar-refractivity contribution in [3.63, 3.8) is 0 Å². The Kier molecular flexibility index (Phi) is 20.2. The summed E-state index contributed by atoms with van der Waals surface area (Å²) in [6, 6.07) is 0. The van der Waals surface area contributed by atoms with Crippen LogP contribution in [0, 0.1) is 0 Å². The average molecular weight is 368 g/mol. The Morgan fingerprint density at radius 2 is 1.52 bits per heavy atom. The molecule has 0 spiro atoms. The van der Waals surface area contributed by atoms with Crippen molar-refractivity contribution in [2.24, 2.45) is 0 Å². The second-order valence-electron chi connectivity index (χ2n) is 6.37. The van der Waals surface area contributed by atoms with Gasteiger partial charge in [-0.15, -0.1) is 0 Å². The van der Waals surface area contributed by atoms with Gasteiger partial charge in [0, 0.05) is 19.5 Å². The number of nitrogens with one attached hydrogen (secondary N) is 1. The van der Waals surface area contributed by atoms with Gasteiger partial charge in [0.1, 0.15) is 6.23 Å². The van der Waals surface area contributed by atoms with Crippen molar-refractivity contribution in [2.45, 2.75) is 84.3 Å². The van der Waals surface area contributed by atoms with Crippen molar-refractivity contribution in [1.29, 1.82) is 0 Å². The van der Waals surface area contributed by atoms with Gasteiger partial charge in [0.05, 0.1) is 6.54 Å². The van der Waals surface area contributed by atoms with Gasteiger partial charge in [0.2, 0.25) is 5.91 Å². The molecule has 0 aliphatic heterocycles. The molecular formula is C18H37N2NaO4. The molecule has 0 radical (unpaired) electrons. The molecule has 0 aromatic heterocycles. The topological polar surface area (TPSA) is 89.9 Å². The van der Waals surface area contributed by atoms with Crippen molar-refractivity contribution < 1.29 is 19.8 Å². The van der Waals surface area contributed by atoms with Gasteiger partial charge in [-0.3, -0.25) is 9.59 Å². The van der Waals surface area contributed by atoms with Crippen molar-refractivity contribution in [1.82, 2.24) is 10.2 Å². The number of hydrogen-bond donors (Lipinski definition) is 3. The van der Waals surface area contributed by atoms with Crippen LogP contribution >= 0.6 is 0 Å². The van der Waals surface area contributed by atoms with Gasteiger partial charge < -0.3 is 20.4 Å². The second kappa shape index (κ2) is 18.6. The molecule has 0 fully saturated rings. The van der Waals surface area contributed by atoms with Crippen LogP contribution in [0.5, 0.6) is 0 Å². The van der Waals surface area contributed by atoms with Crippen LogP contribution in [0.4, 0.5) is 0 Å². The first-order chi connectivity index (χ1) is 11.5. The Balaban J connectivity index is 0. The van der Waals surface area contributed by atoms with E-state index in [9.17, 15) is 14.7 Å². The summed E-state index contributed by atoms with van der Waals surface area (Å²) < 4.78 is 0. The summed E-state index contributed by atoms with van der Waals surface area (Å²) in [5.74, 6) is -0.996. The molecule has 0 bridgehead atoms. The van der Waals surface area contributed by atoms with E-state index in [2.05, 4.69) is 12.2 Å². The summed E-state index contributed by atoms with van der Waals surface area (Å²) >= 11 is 0. The SMILES string of the molecule is CCCCCCCCCCCC(=O)N(CCNCC(=O)O)C(C)O.[NaH]. The maximum atomic E-state index is 12.1. The minimum atomic E-state index is -0.931. The van der Waals surface area contributed by atoms with E-state index < -0.39 is 12.2 Å². The molecule has 1 unspecified atom stereocenters. The third-order valence-electron chi connectivity index (χ3n) is 4.07. The van der Waals surface area contributed by atoms with Gasteiger partial charge in [0.15, 0.2) is 0 Å². The number of carboxylic acid groups (broad SMARTS) is 1. The number of aliphatic hydroxyl groups excluding tert-OH is 1. The second-order valence-corrected chi connectivity index (χ2v) is 6.37. The third-order valence-corrected chi connectivity index (χ3v) is 4.07. The van der Waals surface area contributed by atoms with E-state index in [0.29, 0.717) is 19.5 Å². The molecule has 25 heavy (non-hydrogen) atoms.